The predicted molar refractivity (Wildman–Crippen MR) is 73.4 cm³/mol. The fraction of sp³-hybridized carbons (Fsp3) is 0.357. The highest BCUT2D eigenvalue weighted by atomic mass is 16.4. The summed E-state index contributed by atoms with van der Waals surface area (Å²) < 4.78 is 6.31. The Labute approximate surface area is 116 Å². The Morgan fingerprint density at radius 1 is 1.35 bits per heavy atom. The minimum absolute atomic E-state index is 0.0912. The summed E-state index contributed by atoms with van der Waals surface area (Å²) in [7, 11) is 1.52. The van der Waals surface area contributed by atoms with E-state index in [1.807, 2.05) is 19.9 Å². The molecule has 6 heteroatoms. The lowest BCUT2D eigenvalue weighted by atomic mass is 9.85. The molecular weight excluding hydrogens is 258 g/mol. The standard InChI is InChI=1S/C14H17N3O3/c1-8(2)11(13-16-17(3)14(19)20-13)9-6-4-5-7-10(9)12(15)18/h4-8,11H,1-3H3,(H2,15,18)/t11-/m1/s1. The second-order valence-electron chi connectivity index (χ2n) is 5.00. The molecule has 2 rings (SSSR count). The Morgan fingerprint density at radius 3 is 2.50 bits per heavy atom. The number of primary amides is 1. The van der Waals surface area contributed by atoms with Crippen LogP contribution >= 0.6 is 0 Å². The van der Waals surface area contributed by atoms with Gasteiger partial charge >= 0.3 is 5.76 Å². The second kappa shape index (κ2) is 5.32. The largest absolute Gasteiger partial charge is 0.436 e. The molecule has 0 radical (unpaired) electrons. The fourth-order valence-electron chi connectivity index (χ4n) is 2.26. The van der Waals surface area contributed by atoms with Gasteiger partial charge in [0.2, 0.25) is 11.8 Å². The Morgan fingerprint density at radius 2 is 2.00 bits per heavy atom. The van der Waals surface area contributed by atoms with Crippen molar-refractivity contribution in [1.29, 1.82) is 0 Å². The Hall–Kier alpha value is -2.37. The quantitative estimate of drug-likeness (QED) is 0.909. The van der Waals surface area contributed by atoms with Crippen molar-refractivity contribution in [1.82, 2.24) is 9.78 Å². The van der Waals surface area contributed by atoms with E-state index in [9.17, 15) is 9.59 Å². The first-order valence-electron chi connectivity index (χ1n) is 6.34. The van der Waals surface area contributed by atoms with Gasteiger partial charge in [-0.1, -0.05) is 32.0 Å². The molecule has 0 aliphatic carbocycles. The lowest BCUT2D eigenvalue weighted by Crippen LogP contribution is -2.18. The highest BCUT2D eigenvalue weighted by Crippen LogP contribution is 2.32. The van der Waals surface area contributed by atoms with Crippen LogP contribution in [0.2, 0.25) is 0 Å². The van der Waals surface area contributed by atoms with Crippen LogP contribution in [0.1, 0.15) is 41.6 Å². The molecule has 1 aromatic heterocycles. The first-order valence-corrected chi connectivity index (χ1v) is 6.34. The lowest BCUT2D eigenvalue weighted by molar-refractivity contribution is 0.0999. The molecule has 0 bridgehead atoms. The average molecular weight is 275 g/mol. The second-order valence-corrected chi connectivity index (χ2v) is 5.00. The van der Waals surface area contributed by atoms with Gasteiger partial charge < -0.3 is 10.2 Å². The van der Waals surface area contributed by atoms with Crippen molar-refractivity contribution < 1.29 is 9.21 Å². The molecule has 2 aromatic rings. The van der Waals surface area contributed by atoms with Gasteiger partial charge in [0.25, 0.3) is 0 Å². The van der Waals surface area contributed by atoms with Crippen molar-refractivity contribution in [3.8, 4) is 0 Å². The third-order valence-electron chi connectivity index (χ3n) is 3.20. The van der Waals surface area contributed by atoms with Crippen molar-refractivity contribution in [2.24, 2.45) is 18.7 Å². The van der Waals surface area contributed by atoms with Crippen molar-refractivity contribution >= 4 is 5.91 Å². The van der Waals surface area contributed by atoms with E-state index in [1.165, 1.54) is 7.05 Å². The molecule has 106 valence electrons. The highest BCUT2D eigenvalue weighted by Gasteiger charge is 2.27. The summed E-state index contributed by atoms with van der Waals surface area (Å²) in [6, 6.07) is 7.03. The molecule has 1 atom stereocenters. The van der Waals surface area contributed by atoms with Crippen molar-refractivity contribution in [2.75, 3.05) is 0 Å². The number of aromatic nitrogens is 2. The van der Waals surface area contributed by atoms with Crippen molar-refractivity contribution in [2.45, 2.75) is 19.8 Å². The van der Waals surface area contributed by atoms with Crippen LogP contribution in [0.3, 0.4) is 0 Å². The summed E-state index contributed by atoms with van der Waals surface area (Å²) in [5.74, 6) is -0.950. The van der Waals surface area contributed by atoms with Crippen LogP contribution in [-0.2, 0) is 7.05 Å². The summed E-state index contributed by atoms with van der Waals surface area (Å²) in [5, 5.41) is 4.09. The molecule has 0 fully saturated rings. The van der Waals surface area contributed by atoms with Crippen molar-refractivity contribution in [3.63, 3.8) is 0 Å². The molecule has 0 spiro atoms. The molecule has 2 N–H and O–H groups in total. The molecule has 20 heavy (non-hydrogen) atoms. The number of nitrogens with zero attached hydrogens (tertiary/aromatic N) is 2. The van der Waals surface area contributed by atoms with Gasteiger partial charge in [0, 0.05) is 12.6 Å². The maximum absolute atomic E-state index is 11.6. The molecule has 1 amide bonds. The highest BCUT2D eigenvalue weighted by molar-refractivity contribution is 5.94. The molecule has 0 aliphatic heterocycles. The Balaban J connectivity index is 2.60. The van der Waals surface area contributed by atoms with E-state index in [4.69, 9.17) is 10.2 Å². The van der Waals surface area contributed by atoms with Crippen LogP contribution < -0.4 is 11.5 Å². The van der Waals surface area contributed by atoms with E-state index in [2.05, 4.69) is 5.10 Å². The molecule has 1 aromatic carbocycles. The van der Waals surface area contributed by atoms with Gasteiger partial charge in [-0.15, -0.1) is 5.10 Å². The number of benzene rings is 1. The smallest absolute Gasteiger partial charge is 0.392 e. The maximum atomic E-state index is 11.6. The number of aryl methyl sites for hydroxylation is 1. The van der Waals surface area contributed by atoms with Gasteiger partial charge in [-0.3, -0.25) is 4.79 Å². The molecule has 1 heterocycles. The van der Waals surface area contributed by atoms with Crippen LogP contribution in [0.5, 0.6) is 0 Å². The van der Waals surface area contributed by atoms with E-state index < -0.39 is 11.7 Å². The third kappa shape index (κ3) is 2.49. The molecular formula is C14H17N3O3. The van der Waals surface area contributed by atoms with E-state index in [-0.39, 0.29) is 11.8 Å². The number of amides is 1. The van der Waals surface area contributed by atoms with Gasteiger partial charge in [-0.05, 0) is 17.5 Å². The van der Waals surface area contributed by atoms with Gasteiger partial charge in [0.15, 0.2) is 0 Å². The van der Waals surface area contributed by atoms with E-state index >= 15 is 0 Å². The lowest BCUT2D eigenvalue weighted by Gasteiger charge is -2.19. The number of carbonyl (C=O) groups excluding carboxylic acids is 1. The summed E-state index contributed by atoms with van der Waals surface area (Å²) in [6.45, 7) is 3.94. The topological polar surface area (TPSA) is 91.1 Å². The summed E-state index contributed by atoms with van der Waals surface area (Å²) in [4.78, 5) is 23.0. The zero-order valence-electron chi connectivity index (χ0n) is 11.7. The normalized spacial score (nSPS) is 12.6. The Kier molecular flexibility index (Phi) is 3.74. The van der Waals surface area contributed by atoms with Gasteiger partial charge in [0.05, 0.1) is 5.92 Å². The maximum Gasteiger partial charge on any atom is 0.436 e. The van der Waals surface area contributed by atoms with Crippen molar-refractivity contribution in [3.05, 3.63) is 51.8 Å². The number of carbonyl (C=O) groups is 1. The molecule has 0 unspecified atom stereocenters. The van der Waals surface area contributed by atoms with Gasteiger partial charge in [0.1, 0.15) is 0 Å². The predicted octanol–water partition coefficient (Wildman–Crippen LogP) is 1.26. The Bertz CT molecular complexity index is 685. The molecule has 6 nitrogen and oxygen atoms in total. The monoisotopic (exact) mass is 275 g/mol. The van der Waals surface area contributed by atoms with Crippen LogP contribution in [0.25, 0.3) is 0 Å². The fourth-order valence-corrected chi connectivity index (χ4v) is 2.26. The average Bonchev–Trinajstić information content (AvgIpc) is 2.69. The first-order chi connectivity index (χ1) is 9.41. The van der Waals surface area contributed by atoms with E-state index in [0.717, 1.165) is 10.2 Å². The van der Waals surface area contributed by atoms with Crippen LogP contribution in [0.4, 0.5) is 0 Å². The van der Waals surface area contributed by atoms with E-state index in [0.29, 0.717) is 11.5 Å². The SMILES string of the molecule is CC(C)[C@@H](c1nn(C)c(=O)o1)c1ccccc1C(N)=O. The van der Waals surface area contributed by atoms with Gasteiger partial charge in [-0.2, -0.15) is 4.68 Å². The van der Waals surface area contributed by atoms with E-state index in [1.54, 1.807) is 18.2 Å². The minimum Gasteiger partial charge on any atom is -0.392 e. The van der Waals surface area contributed by atoms with Gasteiger partial charge in [-0.25, -0.2) is 4.79 Å². The van der Waals surface area contributed by atoms with Crippen LogP contribution in [0, 0.1) is 5.92 Å². The van der Waals surface area contributed by atoms with Crippen LogP contribution in [0.15, 0.2) is 33.5 Å². The number of hydrogen-bond donors (Lipinski definition) is 1. The molecule has 0 aliphatic rings. The summed E-state index contributed by atoms with van der Waals surface area (Å²) >= 11 is 0. The number of hydrogen-bond acceptors (Lipinski definition) is 4. The molecule has 0 saturated carbocycles. The number of nitrogens with two attached hydrogens (primary N) is 1. The zero-order valence-corrected chi connectivity index (χ0v) is 11.7. The number of rotatable bonds is 4. The van der Waals surface area contributed by atoms with Crippen LogP contribution in [-0.4, -0.2) is 15.7 Å². The zero-order chi connectivity index (χ0) is 14.9. The summed E-state index contributed by atoms with van der Waals surface area (Å²) in [5.41, 5.74) is 6.54. The first kappa shape index (κ1) is 14.0. The minimum atomic E-state index is -0.526. The summed E-state index contributed by atoms with van der Waals surface area (Å²) in [6.07, 6.45) is 0. The molecule has 0 saturated heterocycles. The third-order valence-corrected chi connectivity index (χ3v) is 3.20.